The summed E-state index contributed by atoms with van der Waals surface area (Å²) in [6.07, 6.45) is 3.02. The molecule has 3 heteroatoms. The summed E-state index contributed by atoms with van der Waals surface area (Å²) in [5, 5.41) is 3.49. The van der Waals surface area contributed by atoms with Crippen molar-refractivity contribution in [3.8, 4) is 0 Å². The Bertz CT molecular complexity index is 436. The molecule has 16 heavy (non-hydrogen) atoms. The molecule has 84 valence electrons. The van der Waals surface area contributed by atoms with Crippen molar-refractivity contribution >= 4 is 11.6 Å². The monoisotopic (exact) mass is 216 g/mol. The zero-order chi connectivity index (χ0) is 11.1. The molecule has 0 aromatic heterocycles. The molecule has 1 amide bonds. The predicted octanol–water partition coefficient (Wildman–Crippen LogP) is 1.63. The first kappa shape index (κ1) is 9.85. The van der Waals surface area contributed by atoms with E-state index in [1.165, 1.54) is 24.0 Å². The highest BCUT2D eigenvalue weighted by molar-refractivity contribution is 6.00. The van der Waals surface area contributed by atoms with Gasteiger partial charge >= 0.3 is 0 Å². The minimum atomic E-state index is 0.200. The molecule has 2 heterocycles. The number of nitrogens with one attached hydrogen (secondary N) is 1. The number of benzene rings is 1. The molecule has 1 unspecified atom stereocenters. The van der Waals surface area contributed by atoms with E-state index in [0.29, 0.717) is 12.5 Å². The van der Waals surface area contributed by atoms with E-state index in [2.05, 4.69) is 23.5 Å². The lowest BCUT2D eigenvalue weighted by Gasteiger charge is -2.14. The molecule has 1 fully saturated rings. The van der Waals surface area contributed by atoms with Crippen LogP contribution in [0.25, 0.3) is 0 Å². The molecule has 3 nitrogen and oxygen atoms in total. The van der Waals surface area contributed by atoms with E-state index in [-0.39, 0.29) is 5.91 Å². The number of nitrogens with zero attached hydrogens (tertiary/aromatic N) is 1. The van der Waals surface area contributed by atoms with Gasteiger partial charge in [0.15, 0.2) is 0 Å². The molecular formula is C13H16N2O. The molecule has 0 spiro atoms. The molecule has 0 saturated carbocycles. The largest absolute Gasteiger partial charge is 0.315 e. The number of hydrogen-bond acceptors (Lipinski definition) is 2. The first-order valence-electron chi connectivity index (χ1n) is 5.88. The molecule has 2 aliphatic rings. The lowest BCUT2D eigenvalue weighted by Crippen LogP contribution is -2.20. The van der Waals surface area contributed by atoms with Crippen LogP contribution in [-0.2, 0) is 11.2 Å². The van der Waals surface area contributed by atoms with E-state index in [1.54, 1.807) is 4.90 Å². The topological polar surface area (TPSA) is 32.3 Å². The standard InChI is InChI=1S/C13H16N2O/c1-15-12-5-4-9(11-3-2-6-14-11)7-10(12)8-13(15)16/h4-5,7,11,14H,2-3,6,8H2,1H3. The fourth-order valence-corrected chi connectivity index (χ4v) is 2.68. The Morgan fingerprint density at radius 1 is 1.44 bits per heavy atom. The fourth-order valence-electron chi connectivity index (χ4n) is 2.68. The summed E-state index contributed by atoms with van der Waals surface area (Å²) in [5.41, 5.74) is 3.59. The van der Waals surface area contributed by atoms with Crippen molar-refractivity contribution < 1.29 is 4.79 Å². The van der Waals surface area contributed by atoms with Crippen LogP contribution in [0.3, 0.4) is 0 Å². The Hall–Kier alpha value is -1.35. The highest BCUT2D eigenvalue weighted by Crippen LogP contribution is 2.32. The maximum Gasteiger partial charge on any atom is 0.231 e. The van der Waals surface area contributed by atoms with Crippen molar-refractivity contribution in [2.24, 2.45) is 0 Å². The van der Waals surface area contributed by atoms with E-state index in [9.17, 15) is 4.79 Å². The average molecular weight is 216 g/mol. The third kappa shape index (κ3) is 1.43. The minimum absolute atomic E-state index is 0.200. The molecule has 1 N–H and O–H groups in total. The average Bonchev–Trinajstić information content (AvgIpc) is 2.88. The number of carbonyl (C=O) groups is 1. The second kappa shape index (κ2) is 3.59. The van der Waals surface area contributed by atoms with Gasteiger partial charge in [0.1, 0.15) is 0 Å². The van der Waals surface area contributed by atoms with E-state index >= 15 is 0 Å². The molecule has 1 aromatic carbocycles. The predicted molar refractivity (Wildman–Crippen MR) is 63.5 cm³/mol. The number of carbonyl (C=O) groups excluding carboxylic acids is 1. The summed E-state index contributed by atoms with van der Waals surface area (Å²) in [5.74, 6) is 0.200. The number of rotatable bonds is 1. The van der Waals surface area contributed by atoms with Gasteiger partial charge in [-0.05, 0) is 36.6 Å². The lowest BCUT2D eigenvalue weighted by molar-refractivity contribution is -0.117. The summed E-state index contributed by atoms with van der Waals surface area (Å²) >= 11 is 0. The van der Waals surface area contributed by atoms with Crippen LogP contribution in [0.5, 0.6) is 0 Å². The number of amides is 1. The normalized spacial score (nSPS) is 23.9. The van der Waals surface area contributed by atoms with Crippen LogP contribution in [0.15, 0.2) is 18.2 Å². The molecule has 1 saturated heterocycles. The van der Waals surface area contributed by atoms with E-state index in [1.807, 2.05) is 7.05 Å². The van der Waals surface area contributed by atoms with Gasteiger partial charge in [0, 0.05) is 18.8 Å². The van der Waals surface area contributed by atoms with Crippen LogP contribution < -0.4 is 10.2 Å². The SMILES string of the molecule is CN1C(=O)Cc2cc(C3CCCN3)ccc21. The highest BCUT2D eigenvalue weighted by Gasteiger charge is 2.25. The number of hydrogen-bond donors (Lipinski definition) is 1. The Morgan fingerprint density at radius 3 is 3.06 bits per heavy atom. The van der Waals surface area contributed by atoms with Crippen LogP contribution in [-0.4, -0.2) is 19.5 Å². The molecule has 3 rings (SSSR count). The molecule has 0 radical (unpaired) electrons. The van der Waals surface area contributed by atoms with Gasteiger partial charge in [-0.15, -0.1) is 0 Å². The first-order chi connectivity index (χ1) is 7.75. The van der Waals surface area contributed by atoms with Crippen molar-refractivity contribution in [3.05, 3.63) is 29.3 Å². The summed E-state index contributed by atoms with van der Waals surface area (Å²) < 4.78 is 0. The second-order valence-electron chi connectivity index (χ2n) is 4.67. The van der Waals surface area contributed by atoms with E-state index in [4.69, 9.17) is 0 Å². The Kier molecular flexibility index (Phi) is 2.21. The minimum Gasteiger partial charge on any atom is -0.315 e. The van der Waals surface area contributed by atoms with Crippen LogP contribution in [0.4, 0.5) is 5.69 Å². The third-order valence-corrected chi connectivity index (χ3v) is 3.64. The maximum atomic E-state index is 11.6. The molecule has 1 atom stereocenters. The van der Waals surface area contributed by atoms with Gasteiger partial charge in [-0.25, -0.2) is 0 Å². The number of fused-ring (bicyclic) bond motifs is 1. The van der Waals surface area contributed by atoms with Gasteiger partial charge in [0.25, 0.3) is 0 Å². The van der Waals surface area contributed by atoms with Crippen molar-refractivity contribution in [2.45, 2.75) is 25.3 Å². The highest BCUT2D eigenvalue weighted by atomic mass is 16.2. The number of anilines is 1. The van der Waals surface area contributed by atoms with Gasteiger partial charge in [0.2, 0.25) is 5.91 Å². The fraction of sp³-hybridized carbons (Fsp3) is 0.462. The van der Waals surface area contributed by atoms with E-state index in [0.717, 1.165) is 12.2 Å². The molecular weight excluding hydrogens is 200 g/mol. The smallest absolute Gasteiger partial charge is 0.231 e. The van der Waals surface area contributed by atoms with Gasteiger partial charge in [0.05, 0.1) is 6.42 Å². The Balaban J connectivity index is 1.94. The quantitative estimate of drug-likeness (QED) is 0.774. The zero-order valence-electron chi connectivity index (χ0n) is 9.49. The van der Waals surface area contributed by atoms with E-state index < -0.39 is 0 Å². The molecule has 2 aliphatic heterocycles. The van der Waals surface area contributed by atoms with Gasteiger partial charge in [-0.3, -0.25) is 4.79 Å². The Morgan fingerprint density at radius 2 is 2.31 bits per heavy atom. The summed E-state index contributed by atoms with van der Waals surface area (Å²) in [6.45, 7) is 1.11. The van der Waals surface area contributed by atoms with Gasteiger partial charge in [-0.2, -0.15) is 0 Å². The molecule has 1 aromatic rings. The second-order valence-corrected chi connectivity index (χ2v) is 4.67. The molecule has 0 aliphatic carbocycles. The third-order valence-electron chi connectivity index (χ3n) is 3.64. The van der Waals surface area contributed by atoms with Crippen LogP contribution >= 0.6 is 0 Å². The lowest BCUT2D eigenvalue weighted by atomic mass is 10.0. The summed E-state index contributed by atoms with van der Waals surface area (Å²) in [6, 6.07) is 6.91. The summed E-state index contributed by atoms with van der Waals surface area (Å²) in [7, 11) is 1.85. The van der Waals surface area contributed by atoms with Crippen molar-refractivity contribution in [1.29, 1.82) is 0 Å². The van der Waals surface area contributed by atoms with Crippen molar-refractivity contribution in [1.82, 2.24) is 5.32 Å². The van der Waals surface area contributed by atoms with Crippen LogP contribution in [0.1, 0.15) is 30.0 Å². The van der Waals surface area contributed by atoms with Gasteiger partial charge < -0.3 is 10.2 Å². The Labute approximate surface area is 95.4 Å². The van der Waals surface area contributed by atoms with Crippen LogP contribution in [0.2, 0.25) is 0 Å². The summed E-state index contributed by atoms with van der Waals surface area (Å²) in [4.78, 5) is 13.3. The van der Waals surface area contributed by atoms with Crippen molar-refractivity contribution in [2.75, 3.05) is 18.5 Å². The zero-order valence-corrected chi connectivity index (χ0v) is 9.49. The molecule has 0 bridgehead atoms. The van der Waals surface area contributed by atoms with Crippen LogP contribution in [0, 0.1) is 0 Å². The maximum absolute atomic E-state index is 11.6. The number of likely N-dealkylation sites (N-methyl/N-ethyl adjacent to an activating group) is 1. The van der Waals surface area contributed by atoms with Gasteiger partial charge in [-0.1, -0.05) is 12.1 Å². The van der Waals surface area contributed by atoms with Crippen molar-refractivity contribution in [3.63, 3.8) is 0 Å². The first-order valence-corrected chi connectivity index (χ1v) is 5.88.